The maximum absolute atomic E-state index is 13.9. The van der Waals surface area contributed by atoms with Crippen molar-refractivity contribution in [3.8, 4) is 11.3 Å². The minimum atomic E-state index is -4.42. The maximum atomic E-state index is 13.9. The monoisotopic (exact) mass is 582 g/mol. The van der Waals surface area contributed by atoms with Crippen molar-refractivity contribution in [2.45, 2.75) is 63.5 Å². The van der Waals surface area contributed by atoms with Crippen molar-refractivity contribution in [1.29, 1.82) is 0 Å². The highest BCUT2D eigenvalue weighted by atomic mass is 19.4. The molecule has 3 aromatic rings. The molecule has 0 spiro atoms. The fraction of sp³-hybridized carbons (Fsp3) is 0.538. The van der Waals surface area contributed by atoms with Gasteiger partial charge in [-0.05, 0) is 38.8 Å². The molecule has 1 amide bonds. The fourth-order valence-corrected chi connectivity index (χ4v) is 5.19. The first-order valence-electron chi connectivity index (χ1n) is 13.2. The standard InChI is InChI=1S/C26H31F5N8O2/c1-25(2,41)24(40)36-8-6-17(7-9-36)37-12-18(13-37)39-14-20(22(35-39)23(27)28)34-21-5-3-4-19(33-21)16-10-32-38(11-16)15-26(29,30)31/h3-5,10-11,14,17-18,23,41H,6-9,12-13,15H2,1-2H3,(H,33,34). The number of alkyl halides is 5. The van der Waals surface area contributed by atoms with E-state index in [1.54, 1.807) is 23.1 Å². The lowest BCUT2D eigenvalue weighted by molar-refractivity contribution is -0.149. The molecule has 2 fully saturated rings. The lowest BCUT2D eigenvalue weighted by Gasteiger charge is -2.47. The molecule has 222 valence electrons. The first-order valence-corrected chi connectivity index (χ1v) is 13.2. The number of aromatic nitrogens is 5. The maximum Gasteiger partial charge on any atom is 0.408 e. The van der Waals surface area contributed by atoms with Crippen molar-refractivity contribution < 1.29 is 31.9 Å². The van der Waals surface area contributed by atoms with Crippen LogP contribution in [0.2, 0.25) is 0 Å². The zero-order valence-corrected chi connectivity index (χ0v) is 22.5. The number of likely N-dealkylation sites (tertiary alicyclic amines) is 2. The zero-order valence-electron chi connectivity index (χ0n) is 22.5. The predicted octanol–water partition coefficient (Wildman–Crippen LogP) is 4.00. The third-order valence-corrected chi connectivity index (χ3v) is 7.31. The smallest absolute Gasteiger partial charge is 0.381 e. The summed E-state index contributed by atoms with van der Waals surface area (Å²) >= 11 is 0. The molecule has 2 aliphatic rings. The van der Waals surface area contributed by atoms with Crippen LogP contribution in [0.5, 0.6) is 0 Å². The van der Waals surface area contributed by atoms with Crippen LogP contribution in [-0.2, 0) is 11.3 Å². The summed E-state index contributed by atoms with van der Waals surface area (Å²) in [7, 11) is 0. The van der Waals surface area contributed by atoms with Gasteiger partial charge in [-0.1, -0.05) is 6.07 Å². The van der Waals surface area contributed by atoms with Crippen LogP contribution in [0.1, 0.15) is 44.9 Å². The van der Waals surface area contributed by atoms with Gasteiger partial charge in [0.1, 0.15) is 18.0 Å². The van der Waals surface area contributed by atoms with E-state index in [1.165, 1.54) is 37.1 Å². The summed E-state index contributed by atoms with van der Waals surface area (Å²) in [6.45, 7) is 4.08. The molecule has 0 saturated carbocycles. The van der Waals surface area contributed by atoms with Crippen LogP contribution >= 0.6 is 0 Å². The van der Waals surface area contributed by atoms with E-state index in [1.807, 2.05) is 0 Å². The van der Waals surface area contributed by atoms with Crippen molar-refractivity contribution in [3.05, 3.63) is 42.5 Å². The Balaban J connectivity index is 1.21. The highest BCUT2D eigenvalue weighted by molar-refractivity contribution is 5.84. The van der Waals surface area contributed by atoms with Gasteiger partial charge in [-0.15, -0.1) is 0 Å². The number of carbonyl (C=O) groups excluding carboxylic acids is 1. The first kappa shape index (κ1) is 28.9. The number of piperidine rings is 1. The highest BCUT2D eigenvalue weighted by Crippen LogP contribution is 2.33. The number of halogens is 5. The number of hydrogen-bond acceptors (Lipinski definition) is 7. The Hall–Kier alpha value is -3.59. The molecule has 0 unspecified atom stereocenters. The topological polar surface area (TPSA) is 104 Å². The Morgan fingerprint density at radius 1 is 1.12 bits per heavy atom. The summed E-state index contributed by atoms with van der Waals surface area (Å²) in [5.74, 6) is -0.0554. The second kappa shape index (κ2) is 11.0. The summed E-state index contributed by atoms with van der Waals surface area (Å²) in [4.78, 5) is 20.6. The molecular formula is C26H31F5N8O2. The van der Waals surface area contributed by atoms with Crippen LogP contribution in [0.25, 0.3) is 11.3 Å². The van der Waals surface area contributed by atoms with E-state index < -0.39 is 30.4 Å². The number of pyridine rings is 1. The molecular weight excluding hydrogens is 551 g/mol. The van der Waals surface area contributed by atoms with Gasteiger partial charge in [0, 0.05) is 50.2 Å². The molecule has 41 heavy (non-hydrogen) atoms. The molecule has 15 heteroatoms. The molecule has 0 bridgehead atoms. The van der Waals surface area contributed by atoms with E-state index in [9.17, 15) is 31.9 Å². The molecule has 2 aliphatic heterocycles. The predicted molar refractivity (Wildman–Crippen MR) is 138 cm³/mol. The Morgan fingerprint density at radius 3 is 2.46 bits per heavy atom. The van der Waals surface area contributed by atoms with E-state index in [-0.39, 0.29) is 29.5 Å². The van der Waals surface area contributed by atoms with Gasteiger partial charge in [0.05, 0.1) is 23.6 Å². The lowest BCUT2D eigenvalue weighted by Crippen LogP contribution is -2.57. The SMILES string of the molecule is CC(C)(O)C(=O)N1CCC(N2CC(n3cc(Nc4cccc(-c5cnn(CC(F)(F)F)c5)n4)c(C(F)F)n3)C2)CC1. The number of aliphatic hydroxyl groups is 1. The van der Waals surface area contributed by atoms with Gasteiger partial charge in [0.2, 0.25) is 0 Å². The van der Waals surface area contributed by atoms with Crippen molar-refractivity contribution in [3.63, 3.8) is 0 Å². The molecule has 0 aliphatic carbocycles. The third kappa shape index (κ3) is 6.67. The lowest BCUT2D eigenvalue weighted by atomic mass is 9.96. The largest absolute Gasteiger partial charge is 0.408 e. The van der Waals surface area contributed by atoms with E-state index in [0.717, 1.165) is 17.5 Å². The van der Waals surface area contributed by atoms with Crippen molar-refractivity contribution in [1.82, 2.24) is 34.3 Å². The van der Waals surface area contributed by atoms with Gasteiger partial charge in [0.25, 0.3) is 12.3 Å². The van der Waals surface area contributed by atoms with Crippen molar-refractivity contribution in [2.24, 2.45) is 0 Å². The Labute approximate surface area is 232 Å². The first-order chi connectivity index (χ1) is 19.3. The van der Waals surface area contributed by atoms with Gasteiger partial charge in [-0.3, -0.25) is 19.1 Å². The van der Waals surface area contributed by atoms with Crippen LogP contribution in [0.15, 0.2) is 36.8 Å². The molecule has 0 radical (unpaired) electrons. The second-order valence-electron chi connectivity index (χ2n) is 11.0. The van der Waals surface area contributed by atoms with Crippen molar-refractivity contribution >= 4 is 17.4 Å². The molecule has 5 rings (SSSR count). The molecule has 0 aromatic carbocycles. The van der Waals surface area contributed by atoms with Crippen LogP contribution in [-0.4, -0.2) is 89.4 Å². The summed E-state index contributed by atoms with van der Waals surface area (Å²) in [6, 6.07) is 4.93. The van der Waals surface area contributed by atoms with E-state index in [2.05, 4.69) is 25.4 Å². The Bertz CT molecular complexity index is 1370. The van der Waals surface area contributed by atoms with E-state index >= 15 is 0 Å². The molecule has 10 nitrogen and oxygen atoms in total. The van der Waals surface area contributed by atoms with Crippen LogP contribution in [0.3, 0.4) is 0 Å². The van der Waals surface area contributed by atoms with E-state index in [0.29, 0.717) is 37.4 Å². The summed E-state index contributed by atoms with van der Waals surface area (Å²) < 4.78 is 68.0. The quantitative estimate of drug-likeness (QED) is 0.387. The van der Waals surface area contributed by atoms with Gasteiger partial charge in [-0.25, -0.2) is 13.8 Å². The van der Waals surface area contributed by atoms with Crippen molar-refractivity contribution in [2.75, 3.05) is 31.5 Å². The molecule has 2 saturated heterocycles. The number of amides is 1. The van der Waals surface area contributed by atoms with Gasteiger partial charge in [-0.2, -0.15) is 23.4 Å². The number of nitrogens with zero attached hydrogens (tertiary/aromatic N) is 7. The average molecular weight is 583 g/mol. The van der Waals surface area contributed by atoms with Crippen LogP contribution in [0, 0.1) is 0 Å². The number of carbonyl (C=O) groups is 1. The number of nitrogens with one attached hydrogen (secondary N) is 1. The second-order valence-corrected chi connectivity index (χ2v) is 11.0. The van der Waals surface area contributed by atoms with Gasteiger partial charge < -0.3 is 15.3 Å². The summed E-state index contributed by atoms with van der Waals surface area (Å²) in [5, 5.41) is 20.7. The highest BCUT2D eigenvalue weighted by Gasteiger charge is 2.38. The number of hydrogen-bond donors (Lipinski definition) is 2. The fourth-order valence-electron chi connectivity index (χ4n) is 5.19. The molecule has 2 N–H and O–H groups in total. The number of anilines is 2. The van der Waals surface area contributed by atoms with Crippen LogP contribution in [0.4, 0.5) is 33.5 Å². The molecule has 3 aromatic heterocycles. The van der Waals surface area contributed by atoms with Crippen LogP contribution < -0.4 is 5.32 Å². The summed E-state index contributed by atoms with van der Waals surface area (Å²) in [5.41, 5.74) is -1.05. The molecule has 0 atom stereocenters. The normalized spacial score (nSPS) is 17.7. The van der Waals surface area contributed by atoms with Gasteiger partial charge >= 0.3 is 6.18 Å². The number of rotatable bonds is 8. The van der Waals surface area contributed by atoms with E-state index in [4.69, 9.17) is 0 Å². The summed E-state index contributed by atoms with van der Waals surface area (Å²) in [6.07, 6.45) is -1.73. The van der Waals surface area contributed by atoms with Gasteiger partial charge in [0.15, 0.2) is 5.69 Å². The average Bonchev–Trinajstić information content (AvgIpc) is 3.49. The minimum Gasteiger partial charge on any atom is -0.381 e. The minimum absolute atomic E-state index is 0.0919. The Morgan fingerprint density at radius 2 is 1.83 bits per heavy atom. The third-order valence-electron chi connectivity index (χ3n) is 7.31. The zero-order chi connectivity index (χ0) is 29.5. The Kier molecular flexibility index (Phi) is 7.76. The molecule has 5 heterocycles.